The van der Waals surface area contributed by atoms with Gasteiger partial charge in [0.05, 0.1) is 0 Å². The summed E-state index contributed by atoms with van der Waals surface area (Å²) in [4.78, 5) is 0. The van der Waals surface area contributed by atoms with Crippen LogP contribution >= 0.6 is 27.5 Å². The third-order valence-corrected chi connectivity index (χ3v) is 3.78. The largest absolute Gasteiger partial charge is 0.312 e. The average Bonchev–Trinajstić information content (AvgIpc) is 2.37. The van der Waals surface area contributed by atoms with E-state index in [0.717, 1.165) is 40.1 Å². The van der Waals surface area contributed by atoms with E-state index in [0.29, 0.717) is 0 Å². The van der Waals surface area contributed by atoms with Crippen LogP contribution in [0.15, 0.2) is 46.9 Å². The van der Waals surface area contributed by atoms with Gasteiger partial charge in [-0.2, -0.15) is 0 Å². The van der Waals surface area contributed by atoms with E-state index >= 15 is 0 Å². The molecule has 0 saturated heterocycles. The molecule has 0 unspecified atom stereocenters. The number of benzene rings is 2. The lowest BCUT2D eigenvalue weighted by atomic mass is 10.1. The quantitative estimate of drug-likeness (QED) is 0.785. The van der Waals surface area contributed by atoms with Crippen LogP contribution in [0.5, 0.6) is 0 Å². The molecule has 0 aliphatic rings. The average molecular weight is 343 g/mol. The molecule has 19 heavy (non-hydrogen) atoms. The van der Waals surface area contributed by atoms with Gasteiger partial charge in [0.25, 0.3) is 0 Å². The molecule has 0 aliphatic carbocycles. The van der Waals surface area contributed by atoms with Gasteiger partial charge in [0, 0.05) is 16.0 Å². The first-order valence-corrected chi connectivity index (χ1v) is 7.21. The molecule has 0 fully saturated rings. The Morgan fingerprint density at radius 1 is 1.16 bits per heavy atom. The predicted octanol–water partition coefficient (Wildman–Crippen LogP) is 4.57. The number of rotatable bonds is 5. The first kappa shape index (κ1) is 14.5. The van der Waals surface area contributed by atoms with E-state index in [2.05, 4.69) is 21.2 Å². The van der Waals surface area contributed by atoms with Crippen LogP contribution in [-0.2, 0) is 13.0 Å². The molecule has 0 aliphatic heterocycles. The van der Waals surface area contributed by atoms with Crippen LogP contribution in [0.4, 0.5) is 4.39 Å². The zero-order chi connectivity index (χ0) is 13.7. The minimum atomic E-state index is -0.182. The van der Waals surface area contributed by atoms with Crippen molar-refractivity contribution < 1.29 is 4.39 Å². The van der Waals surface area contributed by atoms with E-state index in [1.54, 1.807) is 12.1 Å². The van der Waals surface area contributed by atoms with Gasteiger partial charge in [-0.15, -0.1) is 0 Å². The molecule has 0 heterocycles. The van der Waals surface area contributed by atoms with Crippen LogP contribution in [0.1, 0.15) is 11.1 Å². The van der Waals surface area contributed by atoms with E-state index in [9.17, 15) is 4.39 Å². The van der Waals surface area contributed by atoms with E-state index in [4.69, 9.17) is 11.6 Å². The van der Waals surface area contributed by atoms with Gasteiger partial charge >= 0.3 is 0 Å². The number of hydrogen-bond acceptors (Lipinski definition) is 1. The summed E-state index contributed by atoms with van der Waals surface area (Å²) in [5.41, 5.74) is 2.16. The molecule has 0 saturated carbocycles. The SMILES string of the molecule is Fc1cccc(CCNCc2ccc(Cl)cc2Br)c1. The Morgan fingerprint density at radius 2 is 2.00 bits per heavy atom. The van der Waals surface area contributed by atoms with Crippen LogP contribution in [0, 0.1) is 5.82 Å². The fourth-order valence-electron chi connectivity index (χ4n) is 1.81. The van der Waals surface area contributed by atoms with Crippen LogP contribution in [0.2, 0.25) is 5.02 Å². The van der Waals surface area contributed by atoms with Gasteiger partial charge in [-0.05, 0) is 48.4 Å². The van der Waals surface area contributed by atoms with Crippen molar-refractivity contribution in [1.82, 2.24) is 5.32 Å². The Labute approximate surface area is 125 Å². The molecule has 0 bridgehead atoms. The van der Waals surface area contributed by atoms with E-state index in [1.165, 1.54) is 6.07 Å². The summed E-state index contributed by atoms with van der Waals surface area (Å²) >= 11 is 9.37. The molecular formula is C15H14BrClFN. The van der Waals surface area contributed by atoms with Gasteiger partial charge in [-0.1, -0.05) is 45.7 Å². The summed E-state index contributed by atoms with van der Waals surface area (Å²) < 4.78 is 14.0. The van der Waals surface area contributed by atoms with Crippen LogP contribution < -0.4 is 5.32 Å². The summed E-state index contributed by atoms with van der Waals surface area (Å²) in [5, 5.41) is 4.05. The lowest BCUT2D eigenvalue weighted by Gasteiger charge is -2.07. The molecule has 1 N–H and O–H groups in total. The Morgan fingerprint density at radius 3 is 2.74 bits per heavy atom. The molecule has 100 valence electrons. The number of hydrogen-bond donors (Lipinski definition) is 1. The second-order valence-electron chi connectivity index (χ2n) is 4.29. The Bertz CT molecular complexity index is 560. The lowest BCUT2D eigenvalue weighted by molar-refractivity contribution is 0.622. The predicted molar refractivity (Wildman–Crippen MR) is 81.0 cm³/mol. The fourth-order valence-corrected chi connectivity index (χ4v) is 2.64. The summed E-state index contributed by atoms with van der Waals surface area (Å²) in [6.07, 6.45) is 0.809. The minimum Gasteiger partial charge on any atom is -0.312 e. The standard InChI is InChI=1S/C15H14BrClFN/c16-15-9-13(17)5-4-12(15)10-19-7-6-11-2-1-3-14(18)8-11/h1-5,8-9,19H,6-7,10H2. The van der Waals surface area contributed by atoms with Gasteiger partial charge in [-0.3, -0.25) is 0 Å². The maximum Gasteiger partial charge on any atom is 0.123 e. The third-order valence-electron chi connectivity index (χ3n) is 2.81. The maximum atomic E-state index is 13.0. The molecule has 0 atom stereocenters. The molecule has 2 aromatic carbocycles. The van der Waals surface area contributed by atoms with Gasteiger partial charge in [-0.25, -0.2) is 4.39 Å². The normalized spacial score (nSPS) is 10.7. The van der Waals surface area contributed by atoms with Crippen molar-refractivity contribution in [1.29, 1.82) is 0 Å². The zero-order valence-electron chi connectivity index (χ0n) is 10.3. The number of halogens is 3. The van der Waals surface area contributed by atoms with Crippen molar-refractivity contribution in [3.05, 3.63) is 68.9 Å². The van der Waals surface area contributed by atoms with Gasteiger partial charge in [0.1, 0.15) is 5.82 Å². The molecule has 2 rings (SSSR count). The van der Waals surface area contributed by atoms with E-state index < -0.39 is 0 Å². The Hall–Kier alpha value is -0.900. The van der Waals surface area contributed by atoms with Crippen LogP contribution in [0.3, 0.4) is 0 Å². The van der Waals surface area contributed by atoms with E-state index in [-0.39, 0.29) is 5.82 Å². The van der Waals surface area contributed by atoms with Crippen molar-refractivity contribution in [3.8, 4) is 0 Å². The monoisotopic (exact) mass is 341 g/mol. The van der Waals surface area contributed by atoms with Gasteiger partial charge in [0.2, 0.25) is 0 Å². The molecule has 0 radical (unpaired) electrons. The Kier molecular flexibility index (Phi) is 5.37. The lowest BCUT2D eigenvalue weighted by Crippen LogP contribution is -2.17. The fraction of sp³-hybridized carbons (Fsp3) is 0.200. The minimum absolute atomic E-state index is 0.182. The van der Waals surface area contributed by atoms with Crippen molar-refractivity contribution in [2.75, 3.05) is 6.54 Å². The third kappa shape index (κ3) is 4.60. The van der Waals surface area contributed by atoms with Crippen molar-refractivity contribution in [2.24, 2.45) is 0 Å². The first-order chi connectivity index (χ1) is 9.15. The van der Waals surface area contributed by atoms with Crippen LogP contribution in [0.25, 0.3) is 0 Å². The molecule has 2 aromatic rings. The van der Waals surface area contributed by atoms with Crippen molar-refractivity contribution in [3.63, 3.8) is 0 Å². The summed E-state index contributed by atoms with van der Waals surface area (Å²) in [6, 6.07) is 12.4. The molecule has 4 heteroatoms. The molecule has 0 spiro atoms. The van der Waals surface area contributed by atoms with Gasteiger partial charge < -0.3 is 5.32 Å². The number of nitrogens with one attached hydrogen (secondary N) is 1. The highest BCUT2D eigenvalue weighted by molar-refractivity contribution is 9.10. The zero-order valence-corrected chi connectivity index (χ0v) is 12.6. The van der Waals surface area contributed by atoms with Crippen molar-refractivity contribution in [2.45, 2.75) is 13.0 Å². The second-order valence-corrected chi connectivity index (χ2v) is 5.58. The summed E-state index contributed by atoms with van der Waals surface area (Å²) in [6.45, 7) is 1.56. The molecular weight excluding hydrogens is 329 g/mol. The summed E-state index contributed by atoms with van der Waals surface area (Å²) in [5.74, 6) is -0.182. The second kappa shape index (κ2) is 7.04. The van der Waals surface area contributed by atoms with E-state index in [1.807, 2.05) is 24.3 Å². The molecule has 0 aromatic heterocycles. The topological polar surface area (TPSA) is 12.0 Å². The maximum absolute atomic E-state index is 13.0. The van der Waals surface area contributed by atoms with Crippen molar-refractivity contribution >= 4 is 27.5 Å². The first-order valence-electron chi connectivity index (χ1n) is 6.04. The molecule has 0 amide bonds. The summed E-state index contributed by atoms with van der Waals surface area (Å²) in [7, 11) is 0. The molecule has 1 nitrogen and oxygen atoms in total. The highest BCUT2D eigenvalue weighted by atomic mass is 79.9. The highest BCUT2D eigenvalue weighted by Crippen LogP contribution is 2.21. The smallest absolute Gasteiger partial charge is 0.123 e. The van der Waals surface area contributed by atoms with Crippen LogP contribution in [-0.4, -0.2) is 6.54 Å². The highest BCUT2D eigenvalue weighted by Gasteiger charge is 2.00. The van der Waals surface area contributed by atoms with Gasteiger partial charge in [0.15, 0.2) is 0 Å². The Balaban J connectivity index is 1.81.